The van der Waals surface area contributed by atoms with Gasteiger partial charge in [0.15, 0.2) is 5.82 Å². The Hall–Kier alpha value is -3.30. The van der Waals surface area contributed by atoms with E-state index < -0.39 is 11.0 Å². The Morgan fingerprint density at radius 3 is 2.78 bits per heavy atom. The summed E-state index contributed by atoms with van der Waals surface area (Å²) in [6, 6.07) is 4.88. The smallest absolute Gasteiger partial charge is 0.274 e. The van der Waals surface area contributed by atoms with Crippen molar-refractivity contribution in [1.29, 1.82) is 0 Å². The molecule has 10 nitrogen and oxygen atoms in total. The molecule has 0 aliphatic carbocycles. The van der Waals surface area contributed by atoms with Crippen LogP contribution in [0.5, 0.6) is 5.75 Å². The summed E-state index contributed by atoms with van der Waals surface area (Å²) >= 11 is 0. The van der Waals surface area contributed by atoms with E-state index in [-0.39, 0.29) is 24.2 Å². The summed E-state index contributed by atoms with van der Waals surface area (Å²) in [7, 11) is 0. The molecule has 3 aliphatic rings. The van der Waals surface area contributed by atoms with E-state index in [2.05, 4.69) is 10.6 Å². The van der Waals surface area contributed by atoms with Gasteiger partial charge in [-0.15, -0.1) is 0 Å². The largest absolute Gasteiger partial charge is 0.493 e. The minimum absolute atomic E-state index is 0.0314. The molecule has 0 radical (unpaired) electrons. The number of carbonyl (C=O) groups excluding carboxylic acids is 2. The molecule has 2 saturated heterocycles. The molecule has 1 unspecified atom stereocenters. The van der Waals surface area contributed by atoms with Gasteiger partial charge in [-0.2, -0.15) is 0 Å². The number of hydrogen-bond acceptors (Lipinski definition) is 7. The standard InChI is InChI=1S/C22H29N5O5/c28-21(25-9-3-4-10-25)15-26-11-2-1-5-18(22(26)29)24-20(14-27(30)31)23-17-6-7-19-16(13-17)8-12-32-19/h6-7,13-14,18,23-24H,1-5,8-12,15H2/b20-14-. The van der Waals surface area contributed by atoms with Crippen molar-refractivity contribution in [2.24, 2.45) is 0 Å². The molecule has 2 N–H and O–H groups in total. The quantitative estimate of drug-likeness (QED) is 0.487. The molecule has 3 aliphatic heterocycles. The normalized spacial score (nSPS) is 21.1. The van der Waals surface area contributed by atoms with Gasteiger partial charge in [-0.05, 0) is 55.9 Å². The first-order valence-electron chi connectivity index (χ1n) is 11.2. The average Bonchev–Trinajstić information content (AvgIpc) is 3.42. The Morgan fingerprint density at radius 2 is 2.00 bits per heavy atom. The molecule has 4 rings (SSSR count). The van der Waals surface area contributed by atoms with Gasteiger partial charge in [0, 0.05) is 31.7 Å². The van der Waals surface area contributed by atoms with Gasteiger partial charge in [-0.3, -0.25) is 19.7 Å². The van der Waals surface area contributed by atoms with Crippen LogP contribution in [0.1, 0.15) is 37.7 Å². The van der Waals surface area contributed by atoms with Gasteiger partial charge in [0.25, 0.3) is 6.20 Å². The summed E-state index contributed by atoms with van der Waals surface area (Å²) in [5.74, 6) is 0.727. The molecule has 1 aromatic rings. The monoisotopic (exact) mass is 443 g/mol. The lowest BCUT2D eigenvalue weighted by molar-refractivity contribution is -0.403. The average molecular weight is 444 g/mol. The lowest BCUT2D eigenvalue weighted by Gasteiger charge is -2.27. The van der Waals surface area contributed by atoms with Crippen molar-refractivity contribution in [2.75, 3.05) is 38.1 Å². The van der Waals surface area contributed by atoms with E-state index >= 15 is 0 Å². The number of nitrogens with zero attached hydrogens (tertiary/aromatic N) is 3. The molecule has 0 saturated carbocycles. The Labute approximate surface area is 186 Å². The summed E-state index contributed by atoms with van der Waals surface area (Å²) < 4.78 is 5.51. The van der Waals surface area contributed by atoms with Crippen molar-refractivity contribution in [1.82, 2.24) is 15.1 Å². The van der Waals surface area contributed by atoms with Crippen LogP contribution in [0.3, 0.4) is 0 Å². The highest BCUT2D eigenvalue weighted by Gasteiger charge is 2.31. The van der Waals surface area contributed by atoms with Crippen LogP contribution in [0.15, 0.2) is 30.2 Å². The first kappa shape index (κ1) is 21.9. The molecule has 0 bridgehead atoms. The first-order valence-corrected chi connectivity index (χ1v) is 11.2. The van der Waals surface area contributed by atoms with Gasteiger partial charge in [0.2, 0.25) is 11.8 Å². The maximum absolute atomic E-state index is 13.2. The van der Waals surface area contributed by atoms with E-state index in [0.29, 0.717) is 25.3 Å². The molecule has 3 heterocycles. The summed E-state index contributed by atoms with van der Waals surface area (Å²) in [6.07, 6.45) is 5.75. The Balaban J connectivity index is 1.44. The van der Waals surface area contributed by atoms with Gasteiger partial charge >= 0.3 is 0 Å². The predicted octanol–water partition coefficient (Wildman–Crippen LogP) is 1.70. The second-order valence-corrected chi connectivity index (χ2v) is 8.41. The van der Waals surface area contributed by atoms with Crippen molar-refractivity contribution >= 4 is 17.5 Å². The number of ether oxygens (including phenoxy) is 1. The summed E-state index contributed by atoms with van der Waals surface area (Å²) in [4.78, 5) is 39.8. The number of nitrogens with one attached hydrogen (secondary N) is 2. The predicted molar refractivity (Wildman–Crippen MR) is 118 cm³/mol. The number of fused-ring (bicyclic) bond motifs is 1. The Morgan fingerprint density at radius 1 is 1.22 bits per heavy atom. The van der Waals surface area contributed by atoms with Crippen molar-refractivity contribution in [3.8, 4) is 5.75 Å². The Kier molecular flexibility index (Phi) is 6.77. The zero-order valence-corrected chi connectivity index (χ0v) is 18.0. The van der Waals surface area contributed by atoms with E-state index in [1.807, 2.05) is 12.1 Å². The fraction of sp³-hybridized carbons (Fsp3) is 0.545. The molecule has 0 aromatic heterocycles. The van der Waals surface area contributed by atoms with Crippen LogP contribution in [0, 0.1) is 10.1 Å². The number of nitro groups is 1. The van der Waals surface area contributed by atoms with Crippen molar-refractivity contribution in [3.05, 3.63) is 45.9 Å². The molecular formula is C22H29N5O5. The Bertz CT molecular complexity index is 912. The van der Waals surface area contributed by atoms with E-state index in [0.717, 1.165) is 62.7 Å². The van der Waals surface area contributed by atoms with Gasteiger partial charge < -0.3 is 25.2 Å². The minimum Gasteiger partial charge on any atom is -0.493 e. The lowest BCUT2D eigenvalue weighted by Crippen LogP contribution is -2.49. The van der Waals surface area contributed by atoms with Gasteiger partial charge in [-0.25, -0.2) is 0 Å². The number of benzene rings is 1. The number of amides is 2. The minimum atomic E-state index is -0.639. The second-order valence-electron chi connectivity index (χ2n) is 8.41. The van der Waals surface area contributed by atoms with Crippen LogP contribution >= 0.6 is 0 Å². The van der Waals surface area contributed by atoms with Gasteiger partial charge in [-0.1, -0.05) is 0 Å². The van der Waals surface area contributed by atoms with Crippen LogP contribution in [0.2, 0.25) is 0 Å². The fourth-order valence-electron chi connectivity index (χ4n) is 4.44. The van der Waals surface area contributed by atoms with Crippen LogP contribution in [-0.4, -0.2) is 65.4 Å². The highest BCUT2D eigenvalue weighted by molar-refractivity contribution is 5.88. The highest BCUT2D eigenvalue weighted by Crippen LogP contribution is 2.28. The summed E-state index contributed by atoms with van der Waals surface area (Å²) in [5.41, 5.74) is 1.71. The number of carbonyl (C=O) groups is 2. The highest BCUT2D eigenvalue weighted by atomic mass is 16.6. The molecule has 10 heteroatoms. The van der Waals surface area contributed by atoms with Gasteiger partial charge in [0.1, 0.15) is 11.8 Å². The summed E-state index contributed by atoms with van der Waals surface area (Å²) in [6.45, 7) is 2.69. The van der Waals surface area contributed by atoms with Crippen LogP contribution in [0.25, 0.3) is 0 Å². The van der Waals surface area contributed by atoms with Gasteiger partial charge in [0.05, 0.1) is 18.1 Å². The van der Waals surface area contributed by atoms with Crippen molar-refractivity contribution in [3.63, 3.8) is 0 Å². The lowest BCUT2D eigenvalue weighted by atomic mass is 10.1. The number of anilines is 1. The SMILES string of the molecule is O=C(CN1CCCCC(N/C(=C\[N+](=O)[O-])Nc2ccc3c(c2)CCO3)C1=O)N1CCCC1. The topological polar surface area (TPSA) is 117 Å². The molecular weight excluding hydrogens is 414 g/mol. The van der Waals surface area contributed by atoms with E-state index in [4.69, 9.17) is 4.74 Å². The summed E-state index contributed by atoms with van der Waals surface area (Å²) in [5, 5.41) is 17.3. The third kappa shape index (κ3) is 5.30. The van der Waals surface area contributed by atoms with Crippen LogP contribution in [-0.2, 0) is 16.0 Å². The zero-order chi connectivity index (χ0) is 22.5. The third-order valence-electron chi connectivity index (χ3n) is 6.10. The third-order valence-corrected chi connectivity index (χ3v) is 6.10. The van der Waals surface area contributed by atoms with Crippen LogP contribution < -0.4 is 15.4 Å². The van der Waals surface area contributed by atoms with E-state index in [1.54, 1.807) is 15.9 Å². The number of hydrogen-bond donors (Lipinski definition) is 2. The number of rotatable bonds is 7. The second kappa shape index (κ2) is 9.88. The number of likely N-dealkylation sites (tertiary alicyclic amines) is 2. The molecule has 1 atom stereocenters. The molecule has 0 spiro atoms. The molecule has 2 fully saturated rings. The molecule has 2 amide bonds. The zero-order valence-electron chi connectivity index (χ0n) is 18.0. The van der Waals surface area contributed by atoms with E-state index in [1.165, 1.54) is 0 Å². The maximum Gasteiger partial charge on any atom is 0.274 e. The first-order chi connectivity index (χ1) is 15.5. The van der Waals surface area contributed by atoms with Crippen molar-refractivity contribution in [2.45, 2.75) is 44.6 Å². The fourth-order valence-corrected chi connectivity index (χ4v) is 4.44. The molecule has 172 valence electrons. The van der Waals surface area contributed by atoms with Crippen molar-refractivity contribution < 1.29 is 19.2 Å². The van der Waals surface area contributed by atoms with Crippen LogP contribution in [0.4, 0.5) is 5.69 Å². The maximum atomic E-state index is 13.2. The molecule has 1 aromatic carbocycles. The van der Waals surface area contributed by atoms with E-state index in [9.17, 15) is 19.7 Å². The molecule has 32 heavy (non-hydrogen) atoms.